The first kappa shape index (κ1) is 13.6. The molecule has 100 valence electrons. The molecule has 1 aromatic carbocycles. The van der Waals surface area contributed by atoms with E-state index in [1.165, 1.54) is 0 Å². The molecule has 0 aliphatic heterocycles. The van der Waals surface area contributed by atoms with E-state index < -0.39 is 0 Å². The number of nitrogens with zero attached hydrogens (tertiary/aromatic N) is 1. The predicted molar refractivity (Wildman–Crippen MR) is 79.1 cm³/mol. The fraction of sp³-hybridized carbons (Fsp3) is 0.214. The van der Waals surface area contributed by atoms with Crippen molar-refractivity contribution in [3.8, 4) is 0 Å². The Kier molecular flexibility index (Phi) is 4.19. The van der Waals surface area contributed by atoms with Crippen LogP contribution in [-0.2, 0) is 6.54 Å². The minimum absolute atomic E-state index is 0.0404. The lowest BCUT2D eigenvalue weighted by Gasteiger charge is -2.18. The number of thiophene rings is 1. The molecule has 5 heteroatoms. The smallest absolute Gasteiger partial charge is 0.256 e. The number of carbonyl (C=O) groups excluding carboxylic acids is 1. The summed E-state index contributed by atoms with van der Waals surface area (Å²) in [4.78, 5) is 15.2. The van der Waals surface area contributed by atoms with Gasteiger partial charge in [0.2, 0.25) is 0 Å². The minimum Gasteiger partial charge on any atom is -0.336 e. The molecule has 0 fully saturated rings. The number of carbonyl (C=O) groups is 1. The van der Waals surface area contributed by atoms with Crippen LogP contribution in [-0.4, -0.2) is 17.9 Å². The molecule has 1 aromatic heterocycles. The highest BCUT2D eigenvalue weighted by Gasteiger charge is 2.16. The van der Waals surface area contributed by atoms with Gasteiger partial charge in [0.25, 0.3) is 5.91 Å². The zero-order valence-corrected chi connectivity index (χ0v) is 11.8. The molecule has 1 heterocycles. The quantitative estimate of drug-likeness (QED) is 0.666. The summed E-state index contributed by atoms with van der Waals surface area (Å²) in [6.45, 7) is 2.57. The number of hydrogen-bond acceptors (Lipinski definition) is 4. The van der Waals surface area contributed by atoms with Crippen LogP contribution in [0.5, 0.6) is 0 Å². The van der Waals surface area contributed by atoms with E-state index in [0.717, 1.165) is 10.4 Å². The maximum absolute atomic E-state index is 12.4. The molecule has 0 bridgehead atoms. The first-order valence-corrected chi connectivity index (χ1v) is 6.85. The number of anilines is 1. The maximum Gasteiger partial charge on any atom is 0.256 e. The molecule has 0 saturated heterocycles. The van der Waals surface area contributed by atoms with Gasteiger partial charge in [0.15, 0.2) is 0 Å². The molecule has 19 heavy (non-hydrogen) atoms. The van der Waals surface area contributed by atoms with Crippen molar-refractivity contribution < 1.29 is 4.79 Å². The first-order valence-electron chi connectivity index (χ1n) is 5.97. The number of hydrogen-bond donors (Lipinski definition) is 2. The van der Waals surface area contributed by atoms with E-state index in [4.69, 9.17) is 5.84 Å². The summed E-state index contributed by atoms with van der Waals surface area (Å²) in [5.74, 6) is 5.43. The lowest BCUT2D eigenvalue weighted by atomic mass is 10.1. The third-order valence-corrected chi connectivity index (χ3v) is 3.74. The lowest BCUT2D eigenvalue weighted by Crippen LogP contribution is -2.27. The van der Waals surface area contributed by atoms with E-state index in [9.17, 15) is 4.79 Å². The van der Waals surface area contributed by atoms with Crippen molar-refractivity contribution in [2.45, 2.75) is 13.5 Å². The Balaban J connectivity index is 2.19. The number of nitrogen functional groups attached to an aromatic ring is 1. The molecule has 0 aliphatic carbocycles. The average Bonchev–Trinajstić information content (AvgIpc) is 2.90. The molecule has 0 atom stereocenters. The van der Waals surface area contributed by atoms with E-state index in [-0.39, 0.29) is 5.91 Å². The number of rotatable bonds is 4. The average molecular weight is 275 g/mol. The molecule has 0 unspecified atom stereocenters. The van der Waals surface area contributed by atoms with Crippen LogP contribution in [0, 0.1) is 6.92 Å². The van der Waals surface area contributed by atoms with Crippen LogP contribution in [0.4, 0.5) is 5.69 Å². The van der Waals surface area contributed by atoms with Crippen molar-refractivity contribution in [3.63, 3.8) is 0 Å². The van der Waals surface area contributed by atoms with Gasteiger partial charge in [-0.05, 0) is 36.1 Å². The van der Waals surface area contributed by atoms with Crippen LogP contribution >= 0.6 is 11.3 Å². The Morgan fingerprint density at radius 2 is 2.21 bits per heavy atom. The van der Waals surface area contributed by atoms with Crippen molar-refractivity contribution in [1.29, 1.82) is 0 Å². The third kappa shape index (κ3) is 3.13. The summed E-state index contributed by atoms with van der Waals surface area (Å²) >= 11 is 1.64. The topological polar surface area (TPSA) is 58.4 Å². The largest absolute Gasteiger partial charge is 0.336 e. The molecular formula is C14H17N3OS. The number of aryl methyl sites for hydroxylation is 1. The number of hydrazine groups is 1. The second-order valence-electron chi connectivity index (χ2n) is 4.43. The molecule has 2 rings (SSSR count). The molecule has 1 amide bonds. The zero-order chi connectivity index (χ0) is 13.8. The van der Waals surface area contributed by atoms with Crippen LogP contribution in [0.1, 0.15) is 20.8 Å². The summed E-state index contributed by atoms with van der Waals surface area (Å²) in [6.07, 6.45) is 0. The molecule has 3 N–H and O–H groups in total. The van der Waals surface area contributed by atoms with Gasteiger partial charge in [0.1, 0.15) is 0 Å². The summed E-state index contributed by atoms with van der Waals surface area (Å²) < 4.78 is 0. The fourth-order valence-electron chi connectivity index (χ4n) is 1.88. The van der Waals surface area contributed by atoms with E-state index in [1.54, 1.807) is 29.4 Å². The summed E-state index contributed by atoms with van der Waals surface area (Å²) in [5.41, 5.74) is 4.89. The van der Waals surface area contributed by atoms with Crippen LogP contribution in [0.3, 0.4) is 0 Å². The molecular weight excluding hydrogens is 258 g/mol. The minimum atomic E-state index is -0.0404. The van der Waals surface area contributed by atoms with Crippen LogP contribution in [0.2, 0.25) is 0 Å². The van der Waals surface area contributed by atoms with Gasteiger partial charge in [0, 0.05) is 11.9 Å². The van der Waals surface area contributed by atoms with Gasteiger partial charge >= 0.3 is 0 Å². The highest BCUT2D eigenvalue weighted by Crippen LogP contribution is 2.19. The SMILES string of the molecule is Cc1ccc(C(=O)N(C)Cc2cccs2)c(NN)c1. The Bertz CT molecular complexity index is 566. The fourth-order valence-corrected chi connectivity index (χ4v) is 2.63. The van der Waals surface area contributed by atoms with Crippen molar-refractivity contribution in [1.82, 2.24) is 4.90 Å². The lowest BCUT2D eigenvalue weighted by molar-refractivity contribution is 0.0787. The Morgan fingerprint density at radius 1 is 1.42 bits per heavy atom. The highest BCUT2D eigenvalue weighted by molar-refractivity contribution is 7.09. The summed E-state index contributed by atoms with van der Waals surface area (Å²) in [7, 11) is 1.79. The summed E-state index contributed by atoms with van der Waals surface area (Å²) in [6, 6.07) is 9.58. The van der Waals surface area contributed by atoms with Gasteiger partial charge < -0.3 is 10.3 Å². The second kappa shape index (κ2) is 5.86. The maximum atomic E-state index is 12.4. The first-order chi connectivity index (χ1) is 9.11. The Labute approximate surface area is 116 Å². The predicted octanol–water partition coefficient (Wildman–Crippen LogP) is 2.61. The Morgan fingerprint density at radius 3 is 2.84 bits per heavy atom. The van der Waals surface area contributed by atoms with Gasteiger partial charge in [-0.15, -0.1) is 11.3 Å². The molecule has 0 saturated carbocycles. The van der Waals surface area contributed by atoms with Crippen molar-refractivity contribution in [2.24, 2.45) is 5.84 Å². The van der Waals surface area contributed by atoms with E-state index in [0.29, 0.717) is 17.8 Å². The molecule has 0 radical (unpaired) electrons. The summed E-state index contributed by atoms with van der Waals surface area (Å²) in [5, 5.41) is 2.01. The van der Waals surface area contributed by atoms with Gasteiger partial charge in [0.05, 0.1) is 17.8 Å². The molecule has 2 aromatic rings. The number of benzene rings is 1. The van der Waals surface area contributed by atoms with Crippen molar-refractivity contribution in [3.05, 3.63) is 51.7 Å². The van der Waals surface area contributed by atoms with E-state index >= 15 is 0 Å². The number of amides is 1. The van der Waals surface area contributed by atoms with E-state index in [1.807, 2.05) is 36.6 Å². The van der Waals surface area contributed by atoms with Crippen LogP contribution < -0.4 is 11.3 Å². The van der Waals surface area contributed by atoms with Gasteiger partial charge in [-0.1, -0.05) is 12.1 Å². The molecule has 4 nitrogen and oxygen atoms in total. The van der Waals surface area contributed by atoms with Crippen molar-refractivity contribution >= 4 is 22.9 Å². The second-order valence-corrected chi connectivity index (χ2v) is 5.47. The van der Waals surface area contributed by atoms with Crippen LogP contribution in [0.25, 0.3) is 0 Å². The van der Waals surface area contributed by atoms with Gasteiger partial charge in [-0.2, -0.15) is 0 Å². The standard InChI is InChI=1S/C14H17N3OS/c1-10-5-6-12(13(8-10)16-15)14(18)17(2)9-11-4-3-7-19-11/h3-8,16H,9,15H2,1-2H3. The normalized spacial score (nSPS) is 10.3. The Hall–Kier alpha value is -1.85. The van der Waals surface area contributed by atoms with Gasteiger partial charge in [-0.3, -0.25) is 10.6 Å². The molecule has 0 spiro atoms. The highest BCUT2D eigenvalue weighted by atomic mass is 32.1. The number of nitrogens with one attached hydrogen (secondary N) is 1. The molecule has 0 aliphatic rings. The van der Waals surface area contributed by atoms with Gasteiger partial charge in [-0.25, -0.2) is 0 Å². The zero-order valence-electron chi connectivity index (χ0n) is 11.0. The monoisotopic (exact) mass is 275 g/mol. The van der Waals surface area contributed by atoms with Crippen LogP contribution in [0.15, 0.2) is 35.7 Å². The third-order valence-electron chi connectivity index (χ3n) is 2.88. The van der Waals surface area contributed by atoms with Crippen molar-refractivity contribution in [2.75, 3.05) is 12.5 Å². The van der Waals surface area contributed by atoms with E-state index in [2.05, 4.69) is 5.43 Å². The number of nitrogens with two attached hydrogens (primary N) is 1.